The molecule has 5 heteroatoms. The minimum Gasteiger partial charge on any atom is -0.409 e. The normalized spacial score (nSPS) is 11.7. The van der Waals surface area contributed by atoms with Crippen molar-refractivity contribution in [2.45, 2.75) is 27.3 Å². The fourth-order valence-corrected chi connectivity index (χ4v) is 2.26. The van der Waals surface area contributed by atoms with Gasteiger partial charge in [-0.1, -0.05) is 28.9 Å². The van der Waals surface area contributed by atoms with Gasteiger partial charge >= 0.3 is 0 Å². The van der Waals surface area contributed by atoms with Crippen LogP contribution in [0, 0.1) is 20.8 Å². The van der Waals surface area contributed by atoms with Crippen molar-refractivity contribution in [2.75, 3.05) is 0 Å². The van der Waals surface area contributed by atoms with Crippen molar-refractivity contribution in [1.29, 1.82) is 0 Å². The Hall–Kier alpha value is -2.56. The Labute approximate surface area is 123 Å². The summed E-state index contributed by atoms with van der Waals surface area (Å²) in [4.78, 5) is 12.5. The summed E-state index contributed by atoms with van der Waals surface area (Å²) in [5, 5.41) is 11.7. The third-order valence-electron chi connectivity index (χ3n) is 3.61. The molecule has 0 bridgehead atoms. The van der Waals surface area contributed by atoms with E-state index in [2.05, 4.69) is 11.2 Å². The Morgan fingerprint density at radius 2 is 1.95 bits per heavy atom. The average Bonchev–Trinajstić information content (AvgIpc) is 2.46. The summed E-state index contributed by atoms with van der Waals surface area (Å²) >= 11 is 0. The monoisotopic (exact) mass is 285 g/mol. The van der Waals surface area contributed by atoms with E-state index in [1.54, 1.807) is 16.7 Å². The number of benzene rings is 1. The van der Waals surface area contributed by atoms with Gasteiger partial charge in [0.1, 0.15) is 0 Å². The molecule has 0 fully saturated rings. The van der Waals surface area contributed by atoms with E-state index in [4.69, 9.17) is 10.9 Å². The van der Waals surface area contributed by atoms with Crippen LogP contribution in [-0.4, -0.2) is 15.6 Å². The number of oxime groups is 1. The van der Waals surface area contributed by atoms with Gasteiger partial charge in [-0.05, 0) is 44.0 Å². The van der Waals surface area contributed by atoms with Crippen molar-refractivity contribution in [2.24, 2.45) is 10.9 Å². The second kappa shape index (κ2) is 5.83. The molecule has 1 aromatic carbocycles. The fourth-order valence-electron chi connectivity index (χ4n) is 2.26. The molecule has 0 amide bonds. The Kier molecular flexibility index (Phi) is 4.12. The van der Waals surface area contributed by atoms with Gasteiger partial charge in [-0.25, -0.2) is 0 Å². The van der Waals surface area contributed by atoms with E-state index in [-0.39, 0.29) is 17.0 Å². The number of rotatable bonds is 3. The highest BCUT2D eigenvalue weighted by Crippen LogP contribution is 2.13. The Balaban J connectivity index is 2.54. The number of nitrogens with two attached hydrogens (primary N) is 1. The quantitative estimate of drug-likeness (QED) is 0.391. The molecule has 0 aliphatic heterocycles. The van der Waals surface area contributed by atoms with Gasteiger partial charge in [-0.15, -0.1) is 0 Å². The van der Waals surface area contributed by atoms with Gasteiger partial charge in [0.2, 0.25) is 0 Å². The van der Waals surface area contributed by atoms with E-state index < -0.39 is 0 Å². The maximum Gasteiger partial charge on any atom is 0.262 e. The second-order valence-corrected chi connectivity index (χ2v) is 5.19. The first-order valence-corrected chi connectivity index (χ1v) is 6.68. The van der Waals surface area contributed by atoms with Crippen molar-refractivity contribution in [3.63, 3.8) is 0 Å². The molecule has 1 heterocycles. The van der Waals surface area contributed by atoms with Crippen molar-refractivity contribution in [3.8, 4) is 0 Å². The van der Waals surface area contributed by atoms with Crippen molar-refractivity contribution >= 4 is 5.84 Å². The van der Waals surface area contributed by atoms with Gasteiger partial charge in [-0.2, -0.15) is 0 Å². The molecule has 0 aliphatic carbocycles. The van der Waals surface area contributed by atoms with Gasteiger partial charge in [0, 0.05) is 5.69 Å². The topological polar surface area (TPSA) is 80.6 Å². The predicted molar refractivity (Wildman–Crippen MR) is 83.0 cm³/mol. The Morgan fingerprint density at radius 3 is 2.62 bits per heavy atom. The van der Waals surface area contributed by atoms with Crippen LogP contribution in [0.1, 0.15) is 27.9 Å². The minimum absolute atomic E-state index is 0.172. The van der Waals surface area contributed by atoms with Crippen LogP contribution in [0.3, 0.4) is 0 Å². The second-order valence-electron chi connectivity index (χ2n) is 5.19. The minimum atomic E-state index is -0.258. The number of pyridine rings is 1. The van der Waals surface area contributed by atoms with Gasteiger partial charge in [0.15, 0.2) is 5.84 Å². The zero-order valence-corrected chi connectivity index (χ0v) is 12.4. The largest absolute Gasteiger partial charge is 0.409 e. The molecule has 0 atom stereocenters. The first-order chi connectivity index (χ1) is 9.93. The molecule has 0 saturated heterocycles. The summed E-state index contributed by atoms with van der Waals surface area (Å²) in [7, 11) is 0. The number of hydrogen-bond donors (Lipinski definition) is 2. The fraction of sp³-hybridized carbons (Fsp3) is 0.250. The third kappa shape index (κ3) is 2.97. The molecule has 3 N–H and O–H groups in total. The van der Waals surface area contributed by atoms with E-state index >= 15 is 0 Å². The molecule has 0 radical (unpaired) electrons. The SMILES string of the molecule is Cc1ccc(C)c(Cn2c(C)ccc(/C(N)=N/O)c2=O)c1. The lowest BCUT2D eigenvalue weighted by Gasteiger charge is -2.14. The standard InChI is InChI=1S/C16H19N3O2/c1-10-4-5-11(2)13(8-10)9-19-12(3)6-7-14(16(19)20)15(17)18-21/h4-8,21H,9H2,1-3H3,(H2,17,18). The summed E-state index contributed by atoms with van der Waals surface area (Å²) < 4.78 is 1.63. The van der Waals surface area contributed by atoms with Crippen LogP contribution in [0.4, 0.5) is 0 Å². The number of aromatic nitrogens is 1. The van der Waals surface area contributed by atoms with E-state index in [9.17, 15) is 4.79 Å². The molecule has 0 aliphatic rings. The molecular formula is C16H19N3O2. The van der Waals surface area contributed by atoms with E-state index in [1.165, 1.54) is 0 Å². The summed E-state index contributed by atoms with van der Waals surface area (Å²) in [5.41, 5.74) is 9.67. The molecule has 110 valence electrons. The Morgan fingerprint density at radius 1 is 1.24 bits per heavy atom. The average molecular weight is 285 g/mol. The van der Waals surface area contributed by atoms with Gasteiger partial charge in [-0.3, -0.25) is 4.79 Å². The summed E-state index contributed by atoms with van der Waals surface area (Å²) in [6, 6.07) is 9.52. The molecular weight excluding hydrogens is 266 g/mol. The van der Waals surface area contributed by atoms with Gasteiger partial charge in [0.25, 0.3) is 5.56 Å². The lowest BCUT2D eigenvalue weighted by molar-refractivity contribution is 0.318. The van der Waals surface area contributed by atoms with Crippen LogP contribution in [0.25, 0.3) is 0 Å². The molecule has 0 spiro atoms. The van der Waals surface area contributed by atoms with Crippen molar-refractivity contribution in [3.05, 3.63) is 68.6 Å². The first-order valence-electron chi connectivity index (χ1n) is 6.68. The molecule has 5 nitrogen and oxygen atoms in total. The van der Waals surface area contributed by atoms with Crippen LogP contribution in [0.5, 0.6) is 0 Å². The van der Waals surface area contributed by atoms with E-state index in [0.717, 1.165) is 22.4 Å². The highest BCUT2D eigenvalue weighted by Gasteiger charge is 2.11. The van der Waals surface area contributed by atoms with Crippen LogP contribution in [0.2, 0.25) is 0 Å². The number of amidine groups is 1. The zero-order chi connectivity index (χ0) is 15.6. The summed E-state index contributed by atoms with van der Waals surface area (Å²) in [6.07, 6.45) is 0. The summed E-state index contributed by atoms with van der Waals surface area (Å²) in [6.45, 7) is 6.36. The maximum absolute atomic E-state index is 12.5. The number of aryl methyl sites for hydroxylation is 3. The van der Waals surface area contributed by atoms with Crippen LogP contribution >= 0.6 is 0 Å². The molecule has 0 saturated carbocycles. The van der Waals surface area contributed by atoms with E-state index in [0.29, 0.717) is 6.54 Å². The first kappa shape index (κ1) is 14.8. The molecule has 1 aromatic heterocycles. The Bertz CT molecular complexity index is 761. The van der Waals surface area contributed by atoms with Crippen LogP contribution in [-0.2, 0) is 6.54 Å². The number of hydrogen-bond acceptors (Lipinski definition) is 3. The van der Waals surface area contributed by atoms with Gasteiger partial charge < -0.3 is 15.5 Å². The van der Waals surface area contributed by atoms with Gasteiger partial charge in [0.05, 0.1) is 12.1 Å². The lowest BCUT2D eigenvalue weighted by atomic mass is 10.1. The molecule has 0 unspecified atom stereocenters. The highest BCUT2D eigenvalue weighted by molar-refractivity contribution is 5.96. The smallest absolute Gasteiger partial charge is 0.262 e. The zero-order valence-electron chi connectivity index (χ0n) is 12.4. The van der Waals surface area contributed by atoms with E-state index in [1.807, 2.05) is 32.9 Å². The predicted octanol–water partition coefficient (Wildman–Crippen LogP) is 1.92. The third-order valence-corrected chi connectivity index (χ3v) is 3.61. The number of nitrogens with zero attached hydrogens (tertiary/aromatic N) is 2. The van der Waals surface area contributed by atoms with Crippen LogP contribution < -0.4 is 11.3 Å². The maximum atomic E-state index is 12.5. The lowest BCUT2D eigenvalue weighted by Crippen LogP contribution is -2.31. The summed E-state index contributed by atoms with van der Waals surface area (Å²) in [5.74, 6) is -0.172. The molecule has 2 rings (SSSR count). The highest BCUT2D eigenvalue weighted by atomic mass is 16.4. The van der Waals surface area contributed by atoms with Crippen LogP contribution in [0.15, 0.2) is 40.3 Å². The molecule has 21 heavy (non-hydrogen) atoms. The molecule has 2 aromatic rings. The van der Waals surface area contributed by atoms with Crippen molar-refractivity contribution in [1.82, 2.24) is 4.57 Å². The van der Waals surface area contributed by atoms with Crippen molar-refractivity contribution < 1.29 is 5.21 Å².